The normalized spacial score (nSPS) is 21.9. The van der Waals surface area contributed by atoms with Gasteiger partial charge in [0.05, 0.1) is 5.54 Å². The standard InChI is InChI=1S/C22H22F5N5O5S/c1-11(22(25,26)27)28-19(34)20(35)32-6-5-21(9-32)10-37-17-15(38(36)30-21)8-31(2)16(17)18(33)29-12-3-4-13(23)14(24)7-12/h3-4,7-8,11,30H,5-6,9-10H2,1-2H3,(H,28,34)(H,29,33)/t11-,21?,38?/m1/s1. The maximum atomic E-state index is 13.5. The predicted octanol–water partition coefficient (Wildman–Crippen LogP) is 1.60. The average Bonchev–Trinajstić information content (AvgIpc) is 3.36. The summed E-state index contributed by atoms with van der Waals surface area (Å²) in [7, 11) is -0.466. The fraction of sp³-hybridized carbons (Fsp3) is 0.409. The molecular weight excluding hydrogens is 541 g/mol. The molecule has 3 N–H and O–H groups in total. The number of benzene rings is 1. The van der Waals surface area contributed by atoms with Crippen molar-refractivity contribution < 1.29 is 45.3 Å². The molecule has 1 fully saturated rings. The lowest BCUT2D eigenvalue weighted by molar-refractivity contribution is -0.162. The lowest BCUT2D eigenvalue weighted by atomic mass is 10.0. The number of rotatable bonds is 3. The minimum absolute atomic E-state index is 0.0261. The van der Waals surface area contributed by atoms with E-state index in [-0.39, 0.29) is 48.1 Å². The number of aryl methyl sites for hydroxylation is 1. The van der Waals surface area contributed by atoms with Gasteiger partial charge in [-0.25, -0.2) is 17.7 Å². The maximum absolute atomic E-state index is 13.5. The van der Waals surface area contributed by atoms with Gasteiger partial charge in [0.25, 0.3) is 5.91 Å². The molecule has 0 bridgehead atoms. The van der Waals surface area contributed by atoms with E-state index in [4.69, 9.17) is 4.74 Å². The first-order chi connectivity index (χ1) is 17.7. The van der Waals surface area contributed by atoms with Crippen LogP contribution in [0.2, 0.25) is 0 Å². The Morgan fingerprint density at radius 2 is 1.92 bits per heavy atom. The molecule has 3 heterocycles. The minimum atomic E-state index is -4.73. The largest absolute Gasteiger partial charge is 0.488 e. The van der Waals surface area contributed by atoms with Gasteiger partial charge in [-0.3, -0.25) is 14.4 Å². The highest BCUT2D eigenvalue weighted by Gasteiger charge is 2.47. The number of nitrogens with zero attached hydrogens (tertiary/aromatic N) is 2. The van der Waals surface area contributed by atoms with Crippen LogP contribution in [0.25, 0.3) is 0 Å². The van der Waals surface area contributed by atoms with E-state index in [1.54, 1.807) is 5.32 Å². The van der Waals surface area contributed by atoms with Crippen LogP contribution in [0.3, 0.4) is 0 Å². The molecule has 10 nitrogen and oxygen atoms in total. The number of carbonyl (C=O) groups is 3. The first-order valence-corrected chi connectivity index (χ1v) is 12.3. The third kappa shape index (κ3) is 5.36. The van der Waals surface area contributed by atoms with Crippen LogP contribution in [-0.2, 0) is 27.6 Å². The molecule has 0 aliphatic carbocycles. The number of aromatic nitrogens is 1. The molecule has 206 valence electrons. The summed E-state index contributed by atoms with van der Waals surface area (Å²) in [4.78, 5) is 38.6. The molecule has 3 atom stereocenters. The van der Waals surface area contributed by atoms with Gasteiger partial charge in [-0.15, -0.1) is 0 Å². The van der Waals surface area contributed by atoms with Crippen LogP contribution in [0.5, 0.6) is 5.75 Å². The number of nitrogens with one attached hydrogen (secondary N) is 3. The lowest BCUT2D eigenvalue weighted by Gasteiger charge is -2.27. The van der Waals surface area contributed by atoms with Crippen molar-refractivity contribution in [1.82, 2.24) is 19.5 Å². The fourth-order valence-electron chi connectivity index (χ4n) is 4.10. The monoisotopic (exact) mass is 563 g/mol. The number of hydrogen-bond acceptors (Lipinski definition) is 5. The molecule has 16 heteroatoms. The molecule has 2 aliphatic rings. The summed E-state index contributed by atoms with van der Waals surface area (Å²) in [5.41, 5.74) is -1.23. The first kappa shape index (κ1) is 27.5. The van der Waals surface area contributed by atoms with E-state index >= 15 is 0 Å². The number of halogens is 5. The van der Waals surface area contributed by atoms with Gasteiger partial charge < -0.3 is 24.8 Å². The van der Waals surface area contributed by atoms with Crippen LogP contribution in [0.15, 0.2) is 29.3 Å². The number of likely N-dealkylation sites (tertiary alicyclic amines) is 1. The van der Waals surface area contributed by atoms with Gasteiger partial charge in [-0.1, -0.05) is 0 Å². The quantitative estimate of drug-likeness (QED) is 0.387. The van der Waals surface area contributed by atoms with Gasteiger partial charge >= 0.3 is 18.0 Å². The number of amides is 3. The zero-order chi connectivity index (χ0) is 28.0. The Morgan fingerprint density at radius 3 is 2.58 bits per heavy atom. The zero-order valence-electron chi connectivity index (χ0n) is 19.9. The van der Waals surface area contributed by atoms with Crippen molar-refractivity contribution in [2.24, 2.45) is 7.05 Å². The average molecular weight is 564 g/mol. The van der Waals surface area contributed by atoms with Gasteiger partial charge in [0.1, 0.15) is 28.5 Å². The topological polar surface area (TPSA) is 122 Å². The highest BCUT2D eigenvalue weighted by molar-refractivity contribution is 7.83. The molecule has 4 rings (SSSR count). The number of fused-ring (bicyclic) bond motifs is 1. The molecule has 38 heavy (non-hydrogen) atoms. The fourth-order valence-corrected chi connectivity index (χ4v) is 5.40. The molecule has 3 amide bonds. The van der Waals surface area contributed by atoms with E-state index in [9.17, 15) is 40.5 Å². The molecule has 0 saturated carbocycles. The molecular formula is C22H22F5N5O5S. The number of anilines is 1. The summed E-state index contributed by atoms with van der Waals surface area (Å²) in [6.45, 7) is 0.281. The van der Waals surface area contributed by atoms with Crippen LogP contribution in [0, 0.1) is 11.6 Å². The molecule has 1 saturated heterocycles. The summed E-state index contributed by atoms with van der Waals surface area (Å²) in [5, 5.41) is 4.03. The Labute approximate surface area is 215 Å². The van der Waals surface area contributed by atoms with Crippen molar-refractivity contribution in [2.45, 2.75) is 36.0 Å². The highest BCUT2D eigenvalue weighted by atomic mass is 32.2. The summed E-state index contributed by atoms with van der Waals surface area (Å²) < 4.78 is 88.1. The van der Waals surface area contributed by atoms with Crippen LogP contribution in [-0.4, -0.2) is 68.9 Å². The van der Waals surface area contributed by atoms with Gasteiger partial charge in [-0.2, -0.15) is 13.2 Å². The van der Waals surface area contributed by atoms with Crippen LogP contribution < -0.4 is 20.1 Å². The van der Waals surface area contributed by atoms with Gasteiger partial charge in [-0.05, 0) is 25.5 Å². The molecule has 2 aliphatic heterocycles. The second-order valence-electron chi connectivity index (χ2n) is 9.02. The molecule has 0 radical (unpaired) electrons. The summed E-state index contributed by atoms with van der Waals surface area (Å²) in [6.07, 6.45) is -3.20. The maximum Gasteiger partial charge on any atom is 0.408 e. The van der Waals surface area contributed by atoms with Crippen molar-refractivity contribution in [1.29, 1.82) is 0 Å². The molecule has 1 spiro atoms. The third-order valence-electron chi connectivity index (χ3n) is 6.17. The molecule has 1 aromatic carbocycles. The number of ether oxygens (including phenoxy) is 1. The molecule has 1 aromatic heterocycles. The lowest BCUT2D eigenvalue weighted by Crippen LogP contribution is -2.54. The van der Waals surface area contributed by atoms with E-state index in [2.05, 4.69) is 10.0 Å². The van der Waals surface area contributed by atoms with E-state index in [1.165, 1.54) is 17.8 Å². The highest BCUT2D eigenvalue weighted by Crippen LogP contribution is 2.35. The number of alkyl halides is 3. The summed E-state index contributed by atoms with van der Waals surface area (Å²) in [5.74, 6) is -5.67. The van der Waals surface area contributed by atoms with Crippen LogP contribution >= 0.6 is 0 Å². The number of carbonyl (C=O) groups excluding carboxylic acids is 3. The van der Waals surface area contributed by atoms with Gasteiger partial charge in [0, 0.05) is 38.1 Å². The third-order valence-corrected chi connectivity index (χ3v) is 7.48. The minimum Gasteiger partial charge on any atom is -0.488 e. The van der Waals surface area contributed by atoms with Crippen molar-refractivity contribution >= 4 is 34.4 Å². The Balaban J connectivity index is 1.49. The van der Waals surface area contributed by atoms with E-state index in [1.807, 2.05) is 0 Å². The Morgan fingerprint density at radius 1 is 1.21 bits per heavy atom. The van der Waals surface area contributed by atoms with Crippen LogP contribution in [0.4, 0.5) is 27.6 Å². The Kier molecular flexibility index (Phi) is 7.22. The van der Waals surface area contributed by atoms with E-state index in [0.29, 0.717) is 6.92 Å². The van der Waals surface area contributed by atoms with Crippen molar-refractivity contribution in [3.63, 3.8) is 0 Å². The second kappa shape index (κ2) is 9.98. The van der Waals surface area contributed by atoms with Gasteiger partial charge in [0.15, 0.2) is 23.1 Å². The molecule has 2 unspecified atom stereocenters. The zero-order valence-corrected chi connectivity index (χ0v) is 20.8. The van der Waals surface area contributed by atoms with Gasteiger partial charge in [0.2, 0.25) is 0 Å². The van der Waals surface area contributed by atoms with Crippen LogP contribution in [0.1, 0.15) is 23.8 Å². The van der Waals surface area contributed by atoms with E-state index in [0.717, 1.165) is 23.1 Å². The van der Waals surface area contributed by atoms with Crippen molar-refractivity contribution in [3.8, 4) is 5.75 Å². The Bertz CT molecular complexity index is 1330. The number of hydrogen-bond donors (Lipinski definition) is 3. The predicted molar refractivity (Wildman–Crippen MR) is 122 cm³/mol. The van der Waals surface area contributed by atoms with E-state index < -0.39 is 58.1 Å². The SMILES string of the molecule is C[C@@H](NC(=O)C(=O)N1CCC2(COc3c(cn(C)c3C(=O)Nc3ccc(F)c(F)c3)S(=O)N2)C1)C(F)(F)F. The summed E-state index contributed by atoms with van der Waals surface area (Å²) >= 11 is 0. The molecule has 2 aromatic rings. The Hall–Kier alpha value is -3.53. The second-order valence-corrected chi connectivity index (χ2v) is 10.2. The smallest absolute Gasteiger partial charge is 0.408 e. The first-order valence-electron chi connectivity index (χ1n) is 11.2. The van der Waals surface area contributed by atoms with Crippen molar-refractivity contribution in [2.75, 3.05) is 25.0 Å². The summed E-state index contributed by atoms with van der Waals surface area (Å²) in [6, 6.07) is 0.560. The van der Waals surface area contributed by atoms with Crippen molar-refractivity contribution in [3.05, 3.63) is 41.7 Å².